The van der Waals surface area contributed by atoms with Gasteiger partial charge < -0.3 is 10.1 Å². The number of methoxy groups -OCH3 is 1. The van der Waals surface area contributed by atoms with Gasteiger partial charge in [-0.1, -0.05) is 17.7 Å². The highest BCUT2D eigenvalue weighted by Gasteiger charge is 2.37. The van der Waals surface area contributed by atoms with E-state index in [0.717, 1.165) is 5.56 Å². The first kappa shape index (κ1) is 14.5. The van der Waals surface area contributed by atoms with Crippen LogP contribution in [0.5, 0.6) is 0 Å². The largest absolute Gasteiger partial charge is 0.468 e. The lowest BCUT2D eigenvalue weighted by Crippen LogP contribution is -2.38. The van der Waals surface area contributed by atoms with Crippen LogP contribution in [0, 0.1) is 12.3 Å². The molecule has 0 bridgehead atoms. The van der Waals surface area contributed by atoms with Gasteiger partial charge in [0.2, 0.25) is 5.91 Å². The molecule has 0 saturated heterocycles. The van der Waals surface area contributed by atoms with E-state index in [2.05, 4.69) is 10.1 Å². The van der Waals surface area contributed by atoms with Crippen LogP contribution >= 0.6 is 11.6 Å². The fraction of sp³-hybridized carbons (Fsp3) is 0.385. The zero-order valence-electron chi connectivity index (χ0n) is 10.8. The van der Waals surface area contributed by atoms with Crippen molar-refractivity contribution in [1.82, 2.24) is 0 Å². The summed E-state index contributed by atoms with van der Waals surface area (Å²) in [6.07, 6.45) is 0. The fourth-order valence-corrected chi connectivity index (χ4v) is 1.54. The van der Waals surface area contributed by atoms with Gasteiger partial charge in [0, 0.05) is 10.7 Å². The minimum Gasteiger partial charge on any atom is -0.468 e. The molecular weight excluding hydrogens is 254 g/mol. The lowest BCUT2D eigenvalue weighted by molar-refractivity contribution is -0.154. The molecule has 1 N–H and O–H groups in total. The van der Waals surface area contributed by atoms with Gasteiger partial charge in [0.25, 0.3) is 0 Å². The maximum Gasteiger partial charge on any atom is 0.320 e. The smallest absolute Gasteiger partial charge is 0.320 e. The number of anilines is 1. The van der Waals surface area contributed by atoms with E-state index in [9.17, 15) is 9.59 Å². The first-order valence-electron chi connectivity index (χ1n) is 5.45. The van der Waals surface area contributed by atoms with Gasteiger partial charge in [-0.3, -0.25) is 9.59 Å². The fourth-order valence-electron chi connectivity index (χ4n) is 1.37. The second-order valence-electron chi connectivity index (χ2n) is 4.48. The average Bonchev–Trinajstić information content (AvgIpc) is 2.33. The van der Waals surface area contributed by atoms with E-state index in [-0.39, 0.29) is 0 Å². The van der Waals surface area contributed by atoms with E-state index in [1.165, 1.54) is 21.0 Å². The number of rotatable bonds is 3. The van der Waals surface area contributed by atoms with Crippen molar-refractivity contribution in [3.8, 4) is 0 Å². The number of halogens is 1. The SMILES string of the molecule is COC(=O)C(C)(C)C(=O)Nc1cccc(Cl)c1C. The van der Waals surface area contributed by atoms with Crippen molar-refractivity contribution < 1.29 is 14.3 Å². The average molecular weight is 270 g/mol. The molecule has 1 rings (SSSR count). The van der Waals surface area contributed by atoms with Crippen molar-refractivity contribution in [3.05, 3.63) is 28.8 Å². The summed E-state index contributed by atoms with van der Waals surface area (Å²) in [5, 5.41) is 3.24. The van der Waals surface area contributed by atoms with Crippen molar-refractivity contribution in [3.63, 3.8) is 0 Å². The summed E-state index contributed by atoms with van der Waals surface area (Å²) in [6, 6.07) is 5.19. The van der Waals surface area contributed by atoms with E-state index in [4.69, 9.17) is 11.6 Å². The maximum atomic E-state index is 12.0. The van der Waals surface area contributed by atoms with Gasteiger partial charge in [-0.25, -0.2) is 0 Å². The molecule has 0 unspecified atom stereocenters. The van der Waals surface area contributed by atoms with Gasteiger partial charge in [0.15, 0.2) is 0 Å². The van der Waals surface area contributed by atoms with Crippen molar-refractivity contribution in [2.75, 3.05) is 12.4 Å². The molecule has 0 spiro atoms. The first-order valence-corrected chi connectivity index (χ1v) is 5.83. The quantitative estimate of drug-likeness (QED) is 0.678. The molecule has 0 aliphatic carbocycles. The number of esters is 1. The van der Waals surface area contributed by atoms with Crippen LogP contribution < -0.4 is 5.32 Å². The Hall–Kier alpha value is -1.55. The van der Waals surface area contributed by atoms with Crippen LogP contribution in [0.25, 0.3) is 0 Å². The highest BCUT2D eigenvalue weighted by atomic mass is 35.5. The number of hydrogen-bond donors (Lipinski definition) is 1. The third-order valence-electron chi connectivity index (χ3n) is 2.78. The van der Waals surface area contributed by atoms with Gasteiger partial charge in [0.05, 0.1) is 7.11 Å². The molecule has 98 valence electrons. The zero-order valence-corrected chi connectivity index (χ0v) is 11.6. The molecule has 0 fully saturated rings. The van der Waals surface area contributed by atoms with E-state index in [1.54, 1.807) is 25.1 Å². The number of ether oxygens (including phenoxy) is 1. The van der Waals surface area contributed by atoms with Gasteiger partial charge in [-0.15, -0.1) is 0 Å². The number of carbonyl (C=O) groups excluding carboxylic acids is 2. The number of hydrogen-bond acceptors (Lipinski definition) is 3. The Balaban J connectivity index is 2.95. The Labute approximate surface area is 111 Å². The highest BCUT2D eigenvalue weighted by Crippen LogP contribution is 2.26. The van der Waals surface area contributed by atoms with Crippen molar-refractivity contribution in [2.24, 2.45) is 5.41 Å². The van der Waals surface area contributed by atoms with Crippen molar-refractivity contribution >= 4 is 29.2 Å². The van der Waals surface area contributed by atoms with Crippen LogP contribution in [-0.2, 0) is 14.3 Å². The molecule has 4 nitrogen and oxygen atoms in total. The van der Waals surface area contributed by atoms with Crippen LogP contribution in [-0.4, -0.2) is 19.0 Å². The predicted molar refractivity (Wildman–Crippen MR) is 70.6 cm³/mol. The summed E-state index contributed by atoms with van der Waals surface area (Å²) in [4.78, 5) is 23.6. The zero-order chi connectivity index (χ0) is 13.9. The molecule has 0 atom stereocenters. The molecule has 0 heterocycles. The van der Waals surface area contributed by atoms with E-state index < -0.39 is 17.3 Å². The molecule has 0 aromatic heterocycles. The minimum absolute atomic E-state index is 0.431. The number of benzene rings is 1. The number of carbonyl (C=O) groups is 2. The number of nitrogens with one attached hydrogen (secondary N) is 1. The standard InChI is InChI=1S/C13H16ClNO3/c1-8-9(14)6-5-7-10(8)15-11(16)13(2,3)12(17)18-4/h5-7H,1-4H3,(H,15,16). The van der Waals surface area contributed by atoms with E-state index in [1.807, 2.05) is 0 Å². The Morgan fingerprint density at radius 3 is 2.50 bits per heavy atom. The number of amides is 1. The maximum absolute atomic E-state index is 12.0. The Kier molecular flexibility index (Phi) is 4.35. The van der Waals surface area contributed by atoms with Gasteiger partial charge in [-0.05, 0) is 38.5 Å². The Morgan fingerprint density at radius 2 is 1.94 bits per heavy atom. The van der Waals surface area contributed by atoms with Crippen LogP contribution in [0.1, 0.15) is 19.4 Å². The summed E-state index contributed by atoms with van der Waals surface area (Å²) in [6.45, 7) is 4.81. The lowest BCUT2D eigenvalue weighted by Gasteiger charge is -2.21. The highest BCUT2D eigenvalue weighted by molar-refractivity contribution is 6.31. The molecule has 1 aromatic rings. The Morgan fingerprint density at radius 1 is 1.33 bits per heavy atom. The molecule has 5 heteroatoms. The molecule has 0 aliphatic heterocycles. The van der Waals surface area contributed by atoms with Gasteiger partial charge in [-0.2, -0.15) is 0 Å². The third kappa shape index (κ3) is 2.82. The monoisotopic (exact) mass is 269 g/mol. The molecular formula is C13H16ClNO3. The molecule has 0 saturated carbocycles. The van der Waals surface area contributed by atoms with Crippen molar-refractivity contribution in [1.29, 1.82) is 0 Å². The summed E-state index contributed by atoms with van der Waals surface area (Å²) >= 11 is 5.96. The second kappa shape index (κ2) is 5.40. The van der Waals surface area contributed by atoms with Gasteiger partial charge in [0.1, 0.15) is 5.41 Å². The minimum atomic E-state index is -1.25. The topological polar surface area (TPSA) is 55.4 Å². The van der Waals surface area contributed by atoms with E-state index in [0.29, 0.717) is 10.7 Å². The molecule has 0 aliphatic rings. The third-order valence-corrected chi connectivity index (χ3v) is 3.19. The second-order valence-corrected chi connectivity index (χ2v) is 4.89. The normalized spacial score (nSPS) is 10.9. The van der Waals surface area contributed by atoms with Crippen LogP contribution in [0.15, 0.2) is 18.2 Å². The lowest BCUT2D eigenvalue weighted by atomic mass is 9.92. The predicted octanol–water partition coefficient (Wildman–Crippen LogP) is 2.79. The van der Waals surface area contributed by atoms with Gasteiger partial charge >= 0.3 is 5.97 Å². The summed E-state index contributed by atoms with van der Waals surface area (Å²) in [5.41, 5.74) is 0.0985. The Bertz CT molecular complexity index is 483. The van der Waals surface area contributed by atoms with Crippen LogP contribution in [0.3, 0.4) is 0 Å². The summed E-state index contributed by atoms with van der Waals surface area (Å²) in [5.74, 6) is -1.01. The van der Waals surface area contributed by atoms with E-state index >= 15 is 0 Å². The van der Waals surface area contributed by atoms with Crippen LogP contribution in [0.2, 0.25) is 5.02 Å². The summed E-state index contributed by atoms with van der Waals surface area (Å²) in [7, 11) is 1.25. The summed E-state index contributed by atoms with van der Waals surface area (Å²) < 4.78 is 4.60. The first-order chi connectivity index (χ1) is 8.30. The van der Waals surface area contributed by atoms with Crippen LogP contribution in [0.4, 0.5) is 5.69 Å². The molecule has 0 radical (unpaired) electrons. The molecule has 18 heavy (non-hydrogen) atoms. The molecule has 1 aromatic carbocycles. The van der Waals surface area contributed by atoms with Crippen molar-refractivity contribution in [2.45, 2.75) is 20.8 Å². The molecule has 1 amide bonds.